The third-order valence-corrected chi connectivity index (χ3v) is 27.4. The number of nitrogens with zero attached hydrogens (tertiary/aromatic N) is 12. The first-order valence-electron chi connectivity index (χ1n) is 44.9. The van der Waals surface area contributed by atoms with Gasteiger partial charge in [0, 0.05) is 86.9 Å². The van der Waals surface area contributed by atoms with Crippen molar-refractivity contribution in [3.05, 3.63) is 411 Å². The zero-order valence-corrected chi connectivity index (χ0v) is 75.5. The molecule has 0 saturated carbocycles. The average molecular weight is 1700 g/mol. The average Bonchev–Trinajstić information content (AvgIpc) is 1.58. The highest BCUT2D eigenvalue weighted by molar-refractivity contribution is 6.18. The van der Waals surface area contributed by atoms with E-state index in [-0.39, 0.29) is 0 Å². The zero-order chi connectivity index (χ0) is 90.3. The lowest BCUT2D eigenvalue weighted by Gasteiger charge is -2.17. The van der Waals surface area contributed by atoms with Gasteiger partial charge in [0.25, 0.3) is 0 Å². The quantitative estimate of drug-likeness (QED) is 0.141. The summed E-state index contributed by atoms with van der Waals surface area (Å²) in [6.45, 7) is 26.2. The molecule has 0 saturated heterocycles. The van der Waals surface area contributed by atoms with E-state index in [0.29, 0.717) is 16.7 Å². The summed E-state index contributed by atoms with van der Waals surface area (Å²) in [5, 5.41) is 44.7. The fourth-order valence-electron chi connectivity index (χ4n) is 21.5. The van der Waals surface area contributed by atoms with Gasteiger partial charge < -0.3 is 13.7 Å². The third kappa shape index (κ3) is 12.6. The van der Waals surface area contributed by atoms with Gasteiger partial charge in [-0.05, 0) is 282 Å². The first-order valence-corrected chi connectivity index (χ1v) is 44.9. The number of nitriles is 3. The lowest BCUT2D eigenvalue weighted by molar-refractivity contribution is 1.05. The molecule has 0 spiro atoms. The fraction of sp³-hybridized carbons (Fsp3) is 0.100. The summed E-state index contributed by atoms with van der Waals surface area (Å²) < 4.78 is 13.9. The van der Waals surface area contributed by atoms with Crippen LogP contribution in [0.1, 0.15) is 83.5 Å². The maximum Gasteiger partial charge on any atom is 0.138 e. The molecule has 24 aromatic rings. The molecule has 0 aliphatic heterocycles. The van der Waals surface area contributed by atoms with Gasteiger partial charge in [0.2, 0.25) is 0 Å². The number of aromatic nitrogens is 9. The normalized spacial score (nSPS) is 11.6. The van der Waals surface area contributed by atoms with Crippen LogP contribution in [0, 0.1) is 117 Å². The van der Waals surface area contributed by atoms with E-state index >= 15 is 0 Å². The molecule has 0 fully saturated rings. The van der Waals surface area contributed by atoms with Crippen LogP contribution in [0.5, 0.6) is 0 Å². The van der Waals surface area contributed by atoms with Gasteiger partial charge in [-0.15, -0.1) is 0 Å². The van der Waals surface area contributed by atoms with Gasteiger partial charge >= 0.3 is 0 Å². The molecule has 24 rings (SSSR count). The molecular weight excluding hydrogens is 1610 g/mol. The van der Waals surface area contributed by atoms with Gasteiger partial charge in [0.05, 0.1) is 137 Å². The second-order valence-corrected chi connectivity index (χ2v) is 35.4. The first-order chi connectivity index (χ1) is 64.4. The van der Waals surface area contributed by atoms with E-state index in [1.54, 1.807) is 0 Å². The number of pyridine rings is 3. The second-order valence-electron chi connectivity index (χ2n) is 35.4. The number of hydrogen-bond acceptors (Lipinski definition) is 6. The van der Waals surface area contributed by atoms with E-state index in [2.05, 4.69) is 371 Å². The predicted molar refractivity (Wildman–Crippen MR) is 546 cm³/mol. The van der Waals surface area contributed by atoms with Crippen molar-refractivity contribution in [3.8, 4) is 86.1 Å². The molecule has 0 unspecified atom stereocenters. The van der Waals surface area contributed by atoms with E-state index in [9.17, 15) is 15.8 Å². The summed E-state index contributed by atoms with van der Waals surface area (Å²) in [6.07, 6.45) is 6.03. The zero-order valence-electron chi connectivity index (χ0n) is 75.5. The van der Waals surface area contributed by atoms with Crippen LogP contribution in [-0.2, 0) is 0 Å². The highest BCUT2D eigenvalue weighted by Crippen LogP contribution is 2.48. The van der Waals surface area contributed by atoms with E-state index in [1.165, 1.54) is 131 Å². The van der Waals surface area contributed by atoms with Gasteiger partial charge in [0.15, 0.2) is 0 Å². The van der Waals surface area contributed by atoms with Crippen LogP contribution in [0.3, 0.4) is 0 Å². The van der Waals surface area contributed by atoms with Crippen molar-refractivity contribution in [2.45, 2.75) is 83.1 Å². The molecule has 630 valence electrons. The molecule has 15 aromatic carbocycles. The Bertz CT molecular complexity index is 8810. The summed E-state index contributed by atoms with van der Waals surface area (Å²) >= 11 is 0. The van der Waals surface area contributed by atoms with Crippen molar-refractivity contribution in [1.82, 2.24) is 42.4 Å². The van der Waals surface area contributed by atoms with Crippen molar-refractivity contribution in [2.24, 2.45) is 0 Å². The fourth-order valence-corrected chi connectivity index (χ4v) is 21.5. The summed E-state index contributed by atoms with van der Waals surface area (Å²) in [7, 11) is 0. The molecule has 0 amide bonds. The molecular formula is C120H90N12. The molecule has 132 heavy (non-hydrogen) atoms. The van der Waals surface area contributed by atoms with Crippen LogP contribution in [0.2, 0.25) is 0 Å². The minimum Gasteiger partial charge on any atom is -0.307 e. The smallest absolute Gasteiger partial charge is 0.138 e. The van der Waals surface area contributed by atoms with Crippen LogP contribution >= 0.6 is 0 Å². The molecule has 0 radical (unpaired) electrons. The molecule has 9 aromatic heterocycles. The standard InChI is InChI=1S/3C40H30N4/c1-24-10-5-16-31-37(24)38-25(2)11-6-17-32(38)43(31)35-23-42-36(21-30(35)29-15-9-14-28(20-29)22-41)44-33-18-7-12-26(3)39(33)40-27(4)13-8-19-34(40)44;1-24-9-5-13-31-37(24)38-25(2)10-6-14-32(38)43(31)35-23-42-36(21-30(35)29-19-17-28(22-41)18-20-29)44-33-15-7-11-26(3)39(33)40-27(4)12-8-16-34(40)44;1-24-11-7-17-31-37(24)38-25(2)12-8-18-32(38)43(31)35-23-42-36(21-30(35)29-16-6-5-15-28(29)22-41)44-33-19-9-13-26(3)39(33)40-27(4)14-10-20-34(40)44/h3*5-21,23H,1-4H3. The number of rotatable bonds is 9. The van der Waals surface area contributed by atoms with Crippen LogP contribution in [-0.4, -0.2) is 42.4 Å². The maximum absolute atomic E-state index is 10.2. The Morgan fingerprint density at radius 1 is 0.189 bits per heavy atom. The Morgan fingerprint density at radius 2 is 0.424 bits per heavy atom. The number of hydrogen-bond donors (Lipinski definition) is 0. The number of aryl methyl sites for hydroxylation is 12. The van der Waals surface area contributed by atoms with Crippen LogP contribution < -0.4 is 0 Å². The molecule has 12 heteroatoms. The molecule has 9 heterocycles. The molecule has 0 aliphatic rings. The van der Waals surface area contributed by atoms with E-state index in [0.717, 1.165) is 134 Å². The molecule has 0 aliphatic carbocycles. The molecule has 12 nitrogen and oxygen atoms in total. The molecule has 0 bridgehead atoms. The van der Waals surface area contributed by atoms with Gasteiger partial charge in [-0.25, -0.2) is 15.0 Å². The van der Waals surface area contributed by atoms with Crippen LogP contribution in [0.4, 0.5) is 0 Å². The van der Waals surface area contributed by atoms with Crippen molar-refractivity contribution in [3.63, 3.8) is 0 Å². The van der Waals surface area contributed by atoms with E-state index in [4.69, 9.17) is 15.0 Å². The van der Waals surface area contributed by atoms with Gasteiger partial charge in [-0.1, -0.05) is 188 Å². The molecule has 0 N–H and O–H groups in total. The highest BCUT2D eigenvalue weighted by atomic mass is 15.1. The maximum atomic E-state index is 10.2. The topological polar surface area (TPSA) is 140 Å². The van der Waals surface area contributed by atoms with Crippen molar-refractivity contribution in [2.75, 3.05) is 0 Å². The van der Waals surface area contributed by atoms with Crippen LogP contribution in [0.25, 0.3) is 199 Å². The van der Waals surface area contributed by atoms with Gasteiger partial charge in [-0.2, -0.15) is 15.8 Å². The summed E-state index contributed by atoms with van der Waals surface area (Å²) in [4.78, 5) is 15.6. The minimum absolute atomic E-state index is 0.629. The van der Waals surface area contributed by atoms with Crippen molar-refractivity contribution in [1.29, 1.82) is 15.8 Å². The Balaban J connectivity index is 0.000000116. The third-order valence-electron chi connectivity index (χ3n) is 27.4. The lowest BCUT2D eigenvalue weighted by atomic mass is 9.99. The van der Waals surface area contributed by atoms with Crippen molar-refractivity contribution >= 4 is 131 Å². The highest BCUT2D eigenvalue weighted by Gasteiger charge is 2.28. The summed E-state index contributed by atoms with van der Waals surface area (Å²) in [5.41, 5.74) is 39.3. The number of fused-ring (bicyclic) bond motifs is 18. The monoisotopic (exact) mass is 1700 g/mol. The first kappa shape index (κ1) is 80.8. The Hall–Kier alpha value is -17.0. The van der Waals surface area contributed by atoms with E-state index < -0.39 is 0 Å². The lowest BCUT2D eigenvalue weighted by Crippen LogP contribution is -2.04. The van der Waals surface area contributed by atoms with Crippen LogP contribution in [0.15, 0.2) is 328 Å². The summed E-state index contributed by atoms with van der Waals surface area (Å²) in [6, 6.07) is 115. The SMILES string of the molecule is Cc1cccc2c1c1c(C)cccc1n2-c1cc(-c2ccc(C#N)cc2)c(-n2c3cccc(C)c3c3c(C)cccc32)cn1.Cc1cccc2c1c1c(C)cccc1n2-c1cc(-c2cccc(C#N)c2)c(-n2c3cccc(C)c3c3c(C)cccc32)cn1.Cc1cccc2c1c1c(C)cccc1n2-c1cc(-c2ccccc2C#N)c(-n2c3cccc(C)c3c3c(C)cccc32)cn1. The largest absolute Gasteiger partial charge is 0.307 e. The minimum atomic E-state index is 0.629. The Labute approximate surface area is 764 Å². The number of benzene rings is 15. The second kappa shape index (κ2) is 31.8. The summed E-state index contributed by atoms with van der Waals surface area (Å²) in [5.74, 6) is 2.52. The molecule has 0 atom stereocenters. The van der Waals surface area contributed by atoms with Crippen molar-refractivity contribution < 1.29 is 0 Å². The van der Waals surface area contributed by atoms with Gasteiger partial charge in [-0.3, -0.25) is 13.7 Å². The predicted octanol–water partition coefficient (Wildman–Crippen LogP) is 30.1. The van der Waals surface area contributed by atoms with Gasteiger partial charge in [0.1, 0.15) is 17.5 Å². The van der Waals surface area contributed by atoms with E-state index in [1.807, 2.05) is 85.3 Å². The Morgan fingerprint density at radius 3 is 0.689 bits per heavy atom. The Kier molecular flexibility index (Phi) is 19.5.